The van der Waals surface area contributed by atoms with Crippen molar-refractivity contribution < 1.29 is 24.5 Å². The smallest absolute Gasteiger partial charge is 0.350 e. The second-order valence-corrected chi connectivity index (χ2v) is 6.40. The summed E-state index contributed by atoms with van der Waals surface area (Å²) >= 11 is 0.920. The molecule has 3 atom stereocenters. The average Bonchev–Trinajstić information content (AvgIpc) is 2.80. The van der Waals surface area contributed by atoms with Gasteiger partial charge in [-0.1, -0.05) is 11.8 Å². The van der Waals surface area contributed by atoms with E-state index in [0.29, 0.717) is 0 Å². The van der Waals surface area contributed by atoms with Crippen LogP contribution in [0, 0.1) is 0 Å². The Hall–Kier alpha value is -2.57. The molecule has 1 unspecified atom stereocenters. The molecule has 2 heterocycles. The molecule has 1 aromatic heterocycles. The van der Waals surface area contributed by atoms with E-state index >= 15 is 0 Å². The topological polar surface area (TPSA) is 197 Å². The fourth-order valence-electron chi connectivity index (χ4n) is 2.05. The summed E-state index contributed by atoms with van der Waals surface area (Å²) in [5.41, 5.74) is 15.1. The van der Waals surface area contributed by atoms with Gasteiger partial charge in [0.15, 0.2) is 0 Å². The highest BCUT2D eigenvalue weighted by atomic mass is 32.2. The molecule has 0 saturated heterocycles. The van der Waals surface area contributed by atoms with E-state index in [-0.39, 0.29) is 23.8 Å². The van der Waals surface area contributed by atoms with Crippen LogP contribution < -0.4 is 22.9 Å². The highest BCUT2D eigenvalue weighted by Gasteiger charge is 2.37. The maximum atomic E-state index is 11.8. The van der Waals surface area contributed by atoms with Crippen molar-refractivity contribution >= 4 is 29.5 Å². The minimum atomic E-state index is -1.40. The van der Waals surface area contributed by atoms with Crippen LogP contribution in [0.25, 0.3) is 0 Å². The van der Waals surface area contributed by atoms with E-state index in [2.05, 4.69) is 4.98 Å². The van der Waals surface area contributed by atoms with Gasteiger partial charge in [-0.2, -0.15) is 4.98 Å². The van der Waals surface area contributed by atoms with E-state index in [4.69, 9.17) is 21.9 Å². The molecule has 1 amide bonds. The van der Waals surface area contributed by atoms with Gasteiger partial charge in [0.2, 0.25) is 5.91 Å². The maximum Gasteiger partial charge on any atom is 0.350 e. The third-order valence-electron chi connectivity index (χ3n) is 3.29. The van der Waals surface area contributed by atoms with Crippen molar-refractivity contribution in [3.8, 4) is 0 Å². The number of hydrogen-bond acceptors (Lipinski definition) is 10. The Morgan fingerprint density at radius 3 is 2.76 bits per heavy atom. The van der Waals surface area contributed by atoms with Crippen molar-refractivity contribution in [1.29, 1.82) is 0 Å². The number of primary amides is 1. The average molecular weight is 371 g/mol. The van der Waals surface area contributed by atoms with Crippen molar-refractivity contribution in [3.63, 3.8) is 0 Å². The second kappa shape index (κ2) is 7.55. The molecule has 0 aliphatic carbocycles. The predicted molar refractivity (Wildman–Crippen MR) is 87.9 cm³/mol. The number of aliphatic hydroxyl groups excluding tert-OH is 2. The standard InChI is InChI=1S/C13H17N5O6S/c14-5(3-8(16)19)12(22)24-4-6-9(20)10(21)11(25-6)18-2-1-7(15)17-13(18)23/h1-2,5,10-11,20-21H,3-4,14H2,(H2,16,19)(H2,15,17,23)/t5-,10?,11-/m1/s1. The van der Waals surface area contributed by atoms with Crippen LogP contribution in [-0.2, 0) is 14.3 Å². The summed E-state index contributed by atoms with van der Waals surface area (Å²) in [7, 11) is 0. The van der Waals surface area contributed by atoms with Crippen molar-refractivity contribution in [1.82, 2.24) is 9.55 Å². The molecule has 8 N–H and O–H groups in total. The highest BCUT2D eigenvalue weighted by molar-refractivity contribution is 8.03. The molecule has 1 aliphatic heterocycles. The molecule has 0 fully saturated rings. The molecule has 11 nitrogen and oxygen atoms in total. The molecular formula is C13H17N5O6S. The number of nitrogen functional groups attached to an aromatic ring is 1. The van der Waals surface area contributed by atoms with Crippen molar-refractivity contribution in [3.05, 3.63) is 33.4 Å². The van der Waals surface area contributed by atoms with Crippen LogP contribution >= 0.6 is 11.8 Å². The number of thioether (sulfide) groups is 1. The zero-order chi connectivity index (χ0) is 18.7. The fourth-order valence-corrected chi connectivity index (χ4v) is 3.24. The van der Waals surface area contributed by atoms with Crippen molar-refractivity contribution in [2.75, 3.05) is 12.3 Å². The molecule has 0 bridgehead atoms. The predicted octanol–water partition coefficient (Wildman–Crippen LogP) is -2.05. The summed E-state index contributed by atoms with van der Waals surface area (Å²) in [6, 6.07) is 0.142. The van der Waals surface area contributed by atoms with Crippen LogP contribution in [0.15, 0.2) is 27.7 Å². The molecule has 25 heavy (non-hydrogen) atoms. The van der Waals surface area contributed by atoms with Gasteiger partial charge in [-0.3, -0.25) is 14.2 Å². The third kappa shape index (κ3) is 4.29. The number of amides is 1. The number of aliphatic hydroxyl groups is 2. The maximum absolute atomic E-state index is 11.8. The minimum absolute atomic E-state index is 0.0218. The second-order valence-electron chi connectivity index (χ2n) is 5.19. The minimum Gasteiger partial charge on any atom is -0.508 e. The van der Waals surface area contributed by atoms with Gasteiger partial charge in [-0.05, 0) is 6.07 Å². The van der Waals surface area contributed by atoms with Crippen LogP contribution in [0.2, 0.25) is 0 Å². The number of carbonyl (C=O) groups is 2. The fraction of sp³-hybridized carbons (Fsp3) is 0.385. The highest BCUT2D eigenvalue weighted by Crippen LogP contribution is 2.43. The van der Waals surface area contributed by atoms with Gasteiger partial charge < -0.3 is 32.2 Å². The molecule has 0 radical (unpaired) electrons. The Kier molecular flexibility index (Phi) is 5.66. The molecule has 1 aromatic rings. The lowest BCUT2D eigenvalue weighted by atomic mass is 10.2. The van der Waals surface area contributed by atoms with Crippen LogP contribution in [0.3, 0.4) is 0 Å². The van der Waals surface area contributed by atoms with Crippen molar-refractivity contribution in [2.45, 2.75) is 23.9 Å². The SMILES string of the molecule is NC(=O)C[C@@H](N)C(=O)OCC1=C(O)C(O)[C@H](n2ccc(N)nc2=O)S1. The molecule has 0 spiro atoms. The quantitative estimate of drug-likeness (QED) is 0.347. The molecule has 0 aromatic carbocycles. The first kappa shape index (κ1) is 18.8. The van der Waals surface area contributed by atoms with E-state index in [1.165, 1.54) is 12.3 Å². The van der Waals surface area contributed by atoms with Crippen molar-refractivity contribution in [2.24, 2.45) is 11.5 Å². The summed E-state index contributed by atoms with van der Waals surface area (Å²) in [6.07, 6.45) is -0.452. The lowest BCUT2D eigenvalue weighted by Crippen LogP contribution is -2.36. The third-order valence-corrected chi connectivity index (χ3v) is 4.63. The molecule has 136 valence electrons. The van der Waals surface area contributed by atoms with Crippen LogP contribution in [-0.4, -0.2) is 50.4 Å². The van der Waals surface area contributed by atoms with Crippen LogP contribution in [0.5, 0.6) is 0 Å². The molecular weight excluding hydrogens is 354 g/mol. The number of hydrogen-bond donors (Lipinski definition) is 5. The number of carbonyl (C=O) groups excluding carboxylic acids is 2. The number of nitrogens with zero attached hydrogens (tertiary/aromatic N) is 2. The summed E-state index contributed by atoms with van der Waals surface area (Å²) in [6.45, 7) is -0.382. The molecule has 0 saturated carbocycles. The Bertz CT molecular complexity index is 778. The van der Waals surface area contributed by atoms with Gasteiger partial charge in [-0.15, -0.1) is 0 Å². The first-order valence-electron chi connectivity index (χ1n) is 7.02. The zero-order valence-corrected chi connectivity index (χ0v) is 13.7. The first-order chi connectivity index (χ1) is 11.7. The number of nitrogens with two attached hydrogens (primary N) is 3. The summed E-state index contributed by atoms with van der Waals surface area (Å²) < 4.78 is 5.99. The van der Waals surface area contributed by atoms with Gasteiger partial charge in [0.05, 0.1) is 11.3 Å². The van der Waals surface area contributed by atoms with Gasteiger partial charge in [-0.25, -0.2) is 4.79 Å². The Balaban J connectivity index is 2.04. The number of anilines is 1. The molecule has 1 aliphatic rings. The largest absolute Gasteiger partial charge is 0.508 e. The van der Waals surface area contributed by atoms with Crippen LogP contribution in [0.4, 0.5) is 5.82 Å². The van der Waals surface area contributed by atoms with E-state index < -0.39 is 40.8 Å². The van der Waals surface area contributed by atoms with Crippen LogP contribution in [0.1, 0.15) is 11.8 Å². The summed E-state index contributed by atoms with van der Waals surface area (Å²) in [4.78, 5) is 37.9. The normalized spacial score (nSPS) is 21.2. The summed E-state index contributed by atoms with van der Waals surface area (Å²) in [5, 5.41) is 19.2. The Morgan fingerprint density at radius 2 is 2.16 bits per heavy atom. The lowest BCUT2D eigenvalue weighted by Gasteiger charge is -2.16. The van der Waals surface area contributed by atoms with E-state index in [9.17, 15) is 24.6 Å². The van der Waals surface area contributed by atoms with E-state index in [1.807, 2.05) is 0 Å². The van der Waals surface area contributed by atoms with Gasteiger partial charge in [0.1, 0.15) is 35.7 Å². The first-order valence-corrected chi connectivity index (χ1v) is 7.90. The molecule has 12 heteroatoms. The Morgan fingerprint density at radius 1 is 1.48 bits per heavy atom. The van der Waals surface area contributed by atoms with E-state index in [1.54, 1.807) is 0 Å². The van der Waals surface area contributed by atoms with Gasteiger partial charge in [0.25, 0.3) is 0 Å². The van der Waals surface area contributed by atoms with E-state index in [0.717, 1.165) is 16.3 Å². The lowest BCUT2D eigenvalue weighted by molar-refractivity contribution is -0.145. The Labute approximate surface area is 145 Å². The number of esters is 1. The number of aromatic nitrogens is 2. The van der Waals surface area contributed by atoms with Gasteiger partial charge in [0, 0.05) is 6.20 Å². The number of ether oxygens (including phenoxy) is 1. The van der Waals surface area contributed by atoms with Gasteiger partial charge >= 0.3 is 11.7 Å². The molecule has 2 rings (SSSR count). The zero-order valence-electron chi connectivity index (χ0n) is 12.9. The number of rotatable bonds is 6. The monoisotopic (exact) mass is 371 g/mol. The summed E-state index contributed by atoms with van der Waals surface area (Å²) in [5.74, 6) is -2.06.